The average Bonchev–Trinajstić information content (AvgIpc) is 2.52. The van der Waals surface area contributed by atoms with Crippen LogP contribution >= 0.6 is 11.8 Å². The van der Waals surface area contributed by atoms with E-state index in [4.69, 9.17) is 4.74 Å². The normalized spacial score (nSPS) is 15.4. The summed E-state index contributed by atoms with van der Waals surface area (Å²) in [6.45, 7) is 7.26. The number of hydrogen-bond acceptors (Lipinski definition) is 6. The number of thioether (sulfide) groups is 1. The maximum Gasteiger partial charge on any atom is 0.346 e. The minimum Gasteiger partial charge on any atom is -0.462 e. The zero-order valence-corrected chi connectivity index (χ0v) is 15.1. The third-order valence-corrected chi connectivity index (χ3v) is 4.99. The molecule has 0 bridgehead atoms. The van der Waals surface area contributed by atoms with Crippen LogP contribution in [0.2, 0.25) is 0 Å². The molecule has 0 spiro atoms. The Bertz CT molecular complexity index is 666. The van der Waals surface area contributed by atoms with Gasteiger partial charge in [-0.15, -0.1) is 0 Å². The maximum absolute atomic E-state index is 12.3. The second-order valence-electron chi connectivity index (χ2n) is 5.92. The van der Waals surface area contributed by atoms with Gasteiger partial charge in [-0.25, -0.2) is 9.59 Å². The van der Waals surface area contributed by atoms with Gasteiger partial charge in [0.15, 0.2) is 0 Å². The second kappa shape index (κ2) is 8.32. The Balaban J connectivity index is 2.10. The van der Waals surface area contributed by atoms with Crippen LogP contribution in [-0.4, -0.2) is 52.2 Å². The first-order chi connectivity index (χ1) is 11.4. The summed E-state index contributed by atoms with van der Waals surface area (Å²) in [6, 6.07) is 0. The number of nitrogens with zero attached hydrogens (tertiary/aromatic N) is 2. The number of aryl methyl sites for hydroxylation is 1. The fourth-order valence-electron chi connectivity index (χ4n) is 2.59. The SMILES string of the molecule is CCOC(=O)c1c(SCC(=O)N2CCC(C)CC2)nc(=O)[nH]c1C. The number of ether oxygens (including phenoxy) is 1. The van der Waals surface area contributed by atoms with Crippen LogP contribution in [0.4, 0.5) is 0 Å². The molecule has 1 fully saturated rings. The smallest absolute Gasteiger partial charge is 0.346 e. The van der Waals surface area contributed by atoms with E-state index in [0.717, 1.165) is 37.7 Å². The van der Waals surface area contributed by atoms with Crippen molar-refractivity contribution in [1.82, 2.24) is 14.9 Å². The van der Waals surface area contributed by atoms with Gasteiger partial charge in [0, 0.05) is 18.8 Å². The summed E-state index contributed by atoms with van der Waals surface area (Å²) in [5.41, 5.74) is 0.0824. The van der Waals surface area contributed by atoms with Crippen molar-refractivity contribution in [3.8, 4) is 0 Å². The lowest BCUT2D eigenvalue weighted by atomic mass is 9.99. The molecular weight excluding hydrogens is 330 g/mol. The fraction of sp³-hybridized carbons (Fsp3) is 0.625. The van der Waals surface area contributed by atoms with Crippen molar-refractivity contribution in [2.45, 2.75) is 38.6 Å². The van der Waals surface area contributed by atoms with Crippen molar-refractivity contribution in [3.63, 3.8) is 0 Å². The molecule has 1 aliphatic rings. The summed E-state index contributed by atoms with van der Waals surface area (Å²) in [7, 11) is 0. The third-order valence-electron chi connectivity index (χ3n) is 4.03. The average molecular weight is 353 g/mol. The lowest BCUT2D eigenvalue weighted by molar-refractivity contribution is -0.129. The van der Waals surface area contributed by atoms with E-state index < -0.39 is 11.7 Å². The quantitative estimate of drug-likeness (QED) is 0.491. The van der Waals surface area contributed by atoms with Gasteiger partial charge < -0.3 is 14.6 Å². The minimum absolute atomic E-state index is 0.00134. The number of carbonyl (C=O) groups is 2. The van der Waals surface area contributed by atoms with Gasteiger partial charge in [0.05, 0.1) is 12.4 Å². The molecule has 0 unspecified atom stereocenters. The number of amides is 1. The first kappa shape index (κ1) is 18.5. The highest BCUT2D eigenvalue weighted by Crippen LogP contribution is 2.23. The van der Waals surface area contributed by atoms with Crippen molar-refractivity contribution >= 4 is 23.6 Å². The molecule has 2 heterocycles. The predicted molar refractivity (Wildman–Crippen MR) is 91.3 cm³/mol. The molecule has 2 rings (SSSR count). The molecule has 1 amide bonds. The molecule has 0 aromatic carbocycles. The number of likely N-dealkylation sites (tertiary alicyclic amines) is 1. The first-order valence-electron chi connectivity index (χ1n) is 8.11. The van der Waals surface area contributed by atoms with Crippen molar-refractivity contribution in [1.29, 1.82) is 0 Å². The third kappa shape index (κ3) is 4.59. The molecule has 1 saturated heterocycles. The lowest BCUT2D eigenvalue weighted by Gasteiger charge is -2.30. The number of piperidine rings is 1. The monoisotopic (exact) mass is 353 g/mol. The lowest BCUT2D eigenvalue weighted by Crippen LogP contribution is -2.39. The van der Waals surface area contributed by atoms with E-state index in [9.17, 15) is 14.4 Å². The number of aromatic amines is 1. The Morgan fingerprint density at radius 2 is 2.04 bits per heavy atom. The predicted octanol–water partition coefficient (Wildman–Crippen LogP) is 1.61. The van der Waals surface area contributed by atoms with Crippen molar-refractivity contribution in [2.75, 3.05) is 25.4 Å². The number of nitrogens with one attached hydrogen (secondary N) is 1. The summed E-state index contributed by atoms with van der Waals surface area (Å²) in [4.78, 5) is 44.2. The topological polar surface area (TPSA) is 92.4 Å². The number of carbonyl (C=O) groups excluding carboxylic acids is 2. The van der Waals surface area contributed by atoms with E-state index in [-0.39, 0.29) is 28.9 Å². The van der Waals surface area contributed by atoms with Crippen molar-refractivity contribution in [2.24, 2.45) is 5.92 Å². The Morgan fingerprint density at radius 3 is 2.67 bits per heavy atom. The summed E-state index contributed by atoms with van der Waals surface area (Å²) >= 11 is 1.11. The van der Waals surface area contributed by atoms with Gasteiger partial charge in [-0.3, -0.25) is 4.79 Å². The molecule has 0 aliphatic carbocycles. The van der Waals surface area contributed by atoms with Crippen LogP contribution in [0.5, 0.6) is 0 Å². The van der Waals surface area contributed by atoms with E-state index in [0.29, 0.717) is 11.6 Å². The number of aromatic nitrogens is 2. The molecule has 1 N–H and O–H groups in total. The van der Waals surface area contributed by atoms with Gasteiger partial charge in [0.25, 0.3) is 0 Å². The van der Waals surface area contributed by atoms with Crippen LogP contribution in [0.3, 0.4) is 0 Å². The molecular formula is C16H23N3O4S. The fourth-order valence-corrected chi connectivity index (χ4v) is 3.56. The molecule has 24 heavy (non-hydrogen) atoms. The van der Waals surface area contributed by atoms with Crippen LogP contribution in [0.25, 0.3) is 0 Å². The van der Waals surface area contributed by atoms with Crippen LogP contribution in [0.15, 0.2) is 9.82 Å². The Kier molecular flexibility index (Phi) is 6.42. The van der Waals surface area contributed by atoms with Crippen LogP contribution < -0.4 is 5.69 Å². The van der Waals surface area contributed by atoms with Gasteiger partial charge in [0.1, 0.15) is 10.6 Å². The van der Waals surface area contributed by atoms with Crippen molar-refractivity contribution < 1.29 is 14.3 Å². The van der Waals surface area contributed by atoms with E-state index in [1.54, 1.807) is 13.8 Å². The van der Waals surface area contributed by atoms with Gasteiger partial charge in [-0.05, 0) is 32.6 Å². The zero-order valence-electron chi connectivity index (χ0n) is 14.3. The number of hydrogen-bond donors (Lipinski definition) is 1. The summed E-state index contributed by atoms with van der Waals surface area (Å²) < 4.78 is 5.01. The summed E-state index contributed by atoms with van der Waals surface area (Å²) in [5, 5.41) is 0.244. The molecule has 0 saturated carbocycles. The van der Waals surface area contributed by atoms with E-state index in [1.165, 1.54) is 0 Å². The first-order valence-corrected chi connectivity index (χ1v) is 9.09. The van der Waals surface area contributed by atoms with E-state index in [1.807, 2.05) is 4.90 Å². The largest absolute Gasteiger partial charge is 0.462 e. The molecule has 1 aromatic rings. The highest BCUT2D eigenvalue weighted by Gasteiger charge is 2.23. The highest BCUT2D eigenvalue weighted by molar-refractivity contribution is 8.00. The molecule has 1 aromatic heterocycles. The zero-order chi connectivity index (χ0) is 17.7. The van der Waals surface area contributed by atoms with Crippen LogP contribution in [-0.2, 0) is 9.53 Å². The standard InChI is InChI=1S/C16H23N3O4S/c1-4-23-15(21)13-11(3)17-16(22)18-14(13)24-9-12(20)19-7-5-10(2)6-8-19/h10H,4-9H2,1-3H3,(H,17,18,22). The second-order valence-corrected chi connectivity index (χ2v) is 6.88. The van der Waals surface area contributed by atoms with Gasteiger partial charge in [-0.2, -0.15) is 4.98 Å². The molecule has 0 atom stereocenters. The van der Waals surface area contributed by atoms with Crippen molar-refractivity contribution in [3.05, 3.63) is 21.7 Å². The summed E-state index contributed by atoms with van der Waals surface area (Å²) in [6.07, 6.45) is 2.01. The highest BCUT2D eigenvalue weighted by atomic mass is 32.2. The van der Waals surface area contributed by atoms with Gasteiger partial charge in [0.2, 0.25) is 5.91 Å². The minimum atomic E-state index is -0.541. The van der Waals surface area contributed by atoms with E-state index in [2.05, 4.69) is 16.9 Å². The number of rotatable bonds is 5. The molecule has 1 aliphatic heterocycles. The Morgan fingerprint density at radius 1 is 1.38 bits per heavy atom. The molecule has 8 heteroatoms. The number of esters is 1. The Labute approximate surface area is 145 Å². The molecule has 0 radical (unpaired) electrons. The van der Waals surface area contributed by atoms with Crippen LogP contribution in [0, 0.1) is 12.8 Å². The maximum atomic E-state index is 12.3. The van der Waals surface area contributed by atoms with Gasteiger partial charge in [-0.1, -0.05) is 18.7 Å². The summed E-state index contributed by atoms with van der Waals surface area (Å²) in [5.74, 6) is 0.257. The van der Waals surface area contributed by atoms with E-state index >= 15 is 0 Å². The van der Waals surface area contributed by atoms with Gasteiger partial charge >= 0.3 is 11.7 Å². The molecule has 7 nitrogen and oxygen atoms in total. The van der Waals surface area contributed by atoms with Crippen LogP contribution in [0.1, 0.15) is 42.7 Å². The Hall–Kier alpha value is -1.83. The number of H-pyrrole nitrogens is 1. The molecule has 132 valence electrons.